The van der Waals surface area contributed by atoms with Gasteiger partial charge in [0.25, 0.3) is 5.91 Å². The number of benzene rings is 2. The molecule has 1 amide bonds. The highest BCUT2D eigenvalue weighted by Gasteiger charge is 2.21. The molecule has 0 saturated carbocycles. The van der Waals surface area contributed by atoms with Gasteiger partial charge < -0.3 is 9.64 Å². The van der Waals surface area contributed by atoms with Gasteiger partial charge in [0.2, 0.25) is 0 Å². The molecule has 1 heterocycles. The first-order valence-electron chi connectivity index (χ1n) is 7.16. The summed E-state index contributed by atoms with van der Waals surface area (Å²) in [7, 11) is 0. The average Bonchev–Trinajstić information content (AvgIpc) is 2.56. The maximum atomic E-state index is 12.3. The summed E-state index contributed by atoms with van der Waals surface area (Å²) < 4.78 is 5.51. The second kappa shape index (κ2) is 7.00. The molecule has 3 rings (SSSR count). The first-order chi connectivity index (χ1) is 11.0. The zero-order valence-corrected chi connectivity index (χ0v) is 14.5. The number of fused-ring (bicyclic) bond motifs is 1. The molecule has 0 fully saturated rings. The molecule has 0 saturated heterocycles. The molecule has 0 unspecified atom stereocenters. The Hall–Kier alpha value is -1.42. The molecule has 1 aliphatic rings. The van der Waals surface area contributed by atoms with E-state index in [1.807, 2.05) is 18.2 Å². The van der Waals surface area contributed by atoms with Crippen molar-refractivity contribution in [2.24, 2.45) is 0 Å². The zero-order chi connectivity index (χ0) is 16.4. The summed E-state index contributed by atoms with van der Waals surface area (Å²) in [4.78, 5) is 14.1. The largest absolute Gasteiger partial charge is 0.482 e. The number of amides is 1. The summed E-state index contributed by atoms with van der Waals surface area (Å²) in [6, 6.07) is 11.2. The summed E-state index contributed by atoms with van der Waals surface area (Å²) >= 11 is 17.9. The van der Waals surface area contributed by atoms with Gasteiger partial charge in [0, 0.05) is 19.2 Å². The van der Waals surface area contributed by atoms with Gasteiger partial charge in [0.1, 0.15) is 5.75 Å². The number of carbonyl (C=O) groups is 1. The maximum absolute atomic E-state index is 12.3. The van der Waals surface area contributed by atoms with Gasteiger partial charge in [-0.2, -0.15) is 0 Å². The highest BCUT2D eigenvalue weighted by atomic mass is 35.5. The first kappa shape index (κ1) is 16.4. The van der Waals surface area contributed by atoms with E-state index in [-0.39, 0.29) is 12.5 Å². The van der Waals surface area contributed by atoms with Crippen LogP contribution in [0.15, 0.2) is 36.4 Å². The Morgan fingerprint density at radius 2 is 1.74 bits per heavy atom. The number of ether oxygens (including phenoxy) is 1. The highest BCUT2D eigenvalue weighted by Crippen LogP contribution is 2.33. The fraction of sp³-hybridized carbons (Fsp3) is 0.235. The Bertz CT molecular complexity index is 749. The molecule has 0 bridgehead atoms. The van der Waals surface area contributed by atoms with E-state index in [4.69, 9.17) is 39.5 Å². The van der Waals surface area contributed by atoms with Gasteiger partial charge in [-0.05, 0) is 23.6 Å². The summed E-state index contributed by atoms with van der Waals surface area (Å²) in [5.41, 5.74) is 2.48. The minimum absolute atomic E-state index is 0.0818. The van der Waals surface area contributed by atoms with Crippen LogP contribution in [-0.4, -0.2) is 24.0 Å². The Morgan fingerprint density at radius 3 is 2.52 bits per heavy atom. The molecule has 3 nitrogen and oxygen atoms in total. The summed E-state index contributed by atoms with van der Waals surface area (Å²) in [6.45, 7) is 1.21. The lowest BCUT2D eigenvalue weighted by Crippen LogP contribution is -2.38. The van der Waals surface area contributed by atoms with E-state index in [9.17, 15) is 4.79 Å². The van der Waals surface area contributed by atoms with Gasteiger partial charge in [-0.3, -0.25) is 4.79 Å². The molecule has 0 radical (unpaired) electrons. The second-order valence-electron chi connectivity index (χ2n) is 5.32. The van der Waals surface area contributed by atoms with Crippen LogP contribution >= 0.6 is 34.8 Å². The fourth-order valence-electron chi connectivity index (χ4n) is 2.55. The normalized spacial score (nSPS) is 13.6. The van der Waals surface area contributed by atoms with E-state index in [0.29, 0.717) is 33.9 Å². The molecule has 0 atom stereocenters. The molecule has 0 N–H and O–H groups in total. The van der Waals surface area contributed by atoms with Crippen molar-refractivity contribution < 1.29 is 9.53 Å². The molecule has 0 aliphatic carbocycles. The average molecular weight is 371 g/mol. The van der Waals surface area contributed by atoms with Crippen molar-refractivity contribution in [3.05, 3.63) is 62.6 Å². The van der Waals surface area contributed by atoms with E-state index in [2.05, 4.69) is 6.07 Å². The SMILES string of the molecule is O=C(COc1cc(Cl)c(Cl)cc1Cl)N1CCc2ccccc2C1. The maximum Gasteiger partial charge on any atom is 0.260 e. The van der Waals surface area contributed by atoms with E-state index in [1.54, 1.807) is 4.90 Å². The Kier molecular flexibility index (Phi) is 5.00. The number of rotatable bonds is 3. The smallest absolute Gasteiger partial charge is 0.260 e. The Balaban J connectivity index is 1.64. The van der Waals surface area contributed by atoms with E-state index in [0.717, 1.165) is 6.42 Å². The number of hydrogen-bond donors (Lipinski definition) is 0. The van der Waals surface area contributed by atoms with Gasteiger partial charge in [0.05, 0.1) is 15.1 Å². The third kappa shape index (κ3) is 3.74. The van der Waals surface area contributed by atoms with Crippen molar-refractivity contribution in [1.82, 2.24) is 4.90 Å². The number of nitrogens with zero attached hydrogens (tertiary/aromatic N) is 1. The fourth-order valence-corrected chi connectivity index (χ4v) is 3.15. The van der Waals surface area contributed by atoms with E-state index < -0.39 is 0 Å². The zero-order valence-electron chi connectivity index (χ0n) is 12.2. The summed E-state index contributed by atoms with van der Waals surface area (Å²) in [6.07, 6.45) is 0.857. The molecule has 23 heavy (non-hydrogen) atoms. The van der Waals surface area contributed by atoms with Crippen LogP contribution in [0.4, 0.5) is 0 Å². The standard InChI is InChI=1S/C17H14Cl3NO2/c18-13-7-15(20)16(8-14(13)19)23-10-17(22)21-6-5-11-3-1-2-4-12(11)9-21/h1-4,7-8H,5-6,9-10H2. The molecule has 2 aromatic rings. The lowest BCUT2D eigenvalue weighted by molar-refractivity contribution is -0.134. The molecule has 2 aromatic carbocycles. The third-order valence-corrected chi connectivity index (χ3v) is 4.83. The van der Waals surface area contributed by atoms with Crippen molar-refractivity contribution >= 4 is 40.7 Å². The molecule has 0 spiro atoms. The molecular formula is C17H14Cl3NO2. The lowest BCUT2D eigenvalue weighted by atomic mass is 10.00. The van der Waals surface area contributed by atoms with Crippen LogP contribution in [0.25, 0.3) is 0 Å². The summed E-state index contributed by atoms with van der Waals surface area (Å²) in [5, 5.41) is 1.02. The minimum Gasteiger partial charge on any atom is -0.482 e. The Morgan fingerprint density at radius 1 is 1.04 bits per heavy atom. The van der Waals surface area contributed by atoms with Crippen molar-refractivity contribution in [2.45, 2.75) is 13.0 Å². The number of hydrogen-bond acceptors (Lipinski definition) is 2. The van der Waals surface area contributed by atoms with Crippen LogP contribution in [-0.2, 0) is 17.8 Å². The van der Waals surface area contributed by atoms with Crippen LogP contribution in [0, 0.1) is 0 Å². The lowest BCUT2D eigenvalue weighted by Gasteiger charge is -2.28. The summed E-state index contributed by atoms with van der Waals surface area (Å²) in [5.74, 6) is 0.272. The van der Waals surface area contributed by atoms with Crippen LogP contribution in [0.5, 0.6) is 5.75 Å². The monoisotopic (exact) mass is 369 g/mol. The van der Waals surface area contributed by atoms with E-state index >= 15 is 0 Å². The molecule has 1 aliphatic heterocycles. The van der Waals surface area contributed by atoms with Crippen molar-refractivity contribution in [2.75, 3.05) is 13.2 Å². The van der Waals surface area contributed by atoms with E-state index in [1.165, 1.54) is 23.3 Å². The molecule has 6 heteroatoms. The Labute approximate surface area is 149 Å². The predicted octanol–water partition coefficient (Wildman–Crippen LogP) is 4.61. The second-order valence-corrected chi connectivity index (χ2v) is 6.54. The predicted molar refractivity (Wildman–Crippen MR) is 92.5 cm³/mol. The topological polar surface area (TPSA) is 29.5 Å². The number of halogens is 3. The van der Waals surface area contributed by atoms with Crippen LogP contribution in [0.1, 0.15) is 11.1 Å². The van der Waals surface area contributed by atoms with Gasteiger partial charge in [-0.1, -0.05) is 59.1 Å². The first-order valence-corrected chi connectivity index (χ1v) is 8.30. The molecular weight excluding hydrogens is 357 g/mol. The third-order valence-electron chi connectivity index (χ3n) is 3.81. The van der Waals surface area contributed by atoms with Gasteiger partial charge in [-0.15, -0.1) is 0 Å². The van der Waals surface area contributed by atoms with Crippen LogP contribution in [0.3, 0.4) is 0 Å². The van der Waals surface area contributed by atoms with Gasteiger partial charge >= 0.3 is 0 Å². The van der Waals surface area contributed by atoms with Crippen LogP contribution < -0.4 is 4.74 Å². The molecule has 120 valence electrons. The number of carbonyl (C=O) groups excluding carboxylic acids is 1. The van der Waals surface area contributed by atoms with Crippen molar-refractivity contribution in [3.63, 3.8) is 0 Å². The highest BCUT2D eigenvalue weighted by molar-refractivity contribution is 6.43. The van der Waals surface area contributed by atoms with Gasteiger partial charge in [0.15, 0.2) is 6.61 Å². The minimum atomic E-state index is -0.0835. The van der Waals surface area contributed by atoms with Crippen molar-refractivity contribution in [3.8, 4) is 5.75 Å². The van der Waals surface area contributed by atoms with Gasteiger partial charge in [-0.25, -0.2) is 0 Å². The van der Waals surface area contributed by atoms with Crippen LogP contribution in [0.2, 0.25) is 15.1 Å². The van der Waals surface area contributed by atoms with Crippen molar-refractivity contribution in [1.29, 1.82) is 0 Å². The quantitative estimate of drug-likeness (QED) is 0.738. The molecule has 0 aromatic heterocycles.